The Balaban J connectivity index is 0.00000380. The molecule has 37 heavy (non-hydrogen) atoms. The van der Waals surface area contributed by atoms with E-state index >= 15 is 0 Å². The van der Waals surface area contributed by atoms with Crippen molar-refractivity contribution in [2.45, 2.75) is 19.5 Å². The molecule has 0 spiro atoms. The Labute approximate surface area is 234 Å². The molecule has 0 saturated carbocycles. The summed E-state index contributed by atoms with van der Waals surface area (Å²) in [6.45, 7) is 1.59. The van der Waals surface area contributed by atoms with Crippen LogP contribution in [0.2, 0.25) is 4.34 Å². The van der Waals surface area contributed by atoms with Crippen molar-refractivity contribution in [3.8, 4) is 5.75 Å². The van der Waals surface area contributed by atoms with Crippen LogP contribution in [-0.2, 0) is 24.3 Å². The number of para-hydroxylation sites is 1. The van der Waals surface area contributed by atoms with Gasteiger partial charge in [-0.1, -0.05) is 23.7 Å². The molecule has 0 fully saturated rings. The van der Waals surface area contributed by atoms with Crippen molar-refractivity contribution < 1.29 is 19.1 Å². The van der Waals surface area contributed by atoms with Crippen molar-refractivity contribution in [2.75, 3.05) is 39.6 Å². The Hall–Kier alpha value is -2.70. The lowest BCUT2D eigenvalue weighted by Gasteiger charge is -2.20. The van der Waals surface area contributed by atoms with Gasteiger partial charge >= 0.3 is 0 Å². The van der Waals surface area contributed by atoms with E-state index in [0.29, 0.717) is 31.2 Å². The highest BCUT2D eigenvalue weighted by atomic mass is 35.5. The largest absolute Gasteiger partial charge is 0.482 e. The fourth-order valence-corrected chi connectivity index (χ4v) is 5.58. The second-order valence-electron chi connectivity index (χ2n) is 8.48. The predicted octanol–water partition coefficient (Wildman–Crippen LogP) is 3.92. The number of rotatable bonds is 8. The summed E-state index contributed by atoms with van der Waals surface area (Å²) >= 11 is 8.50. The third-order valence-electron chi connectivity index (χ3n) is 5.55. The van der Waals surface area contributed by atoms with Gasteiger partial charge in [-0.25, -0.2) is 4.98 Å². The Kier molecular flexibility index (Phi) is 9.91. The minimum Gasteiger partial charge on any atom is -0.482 e. The summed E-state index contributed by atoms with van der Waals surface area (Å²) in [6.07, 6.45) is 0.798. The fourth-order valence-electron chi connectivity index (χ4n) is 3.54. The number of aromatic nitrogens is 1. The van der Waals surface area contributed by atoms with E-state index in [1.807, 2.05) is 7.05 Å². The van der Waals surface area contributed by atoms with Gasteiger partial charge in [-0.3, -0.25) is 14.4 Å². The molecule has 1 aliphatic rings. The van der Waals surface area contributed by atoms with E-state index in [1.54, 1.807) is 44.4 Å². The number of carbonyl (C=O) groups is 3. The highest BCUT2D eigenvalue weighted by molar-refractivity contribution is 7.18. The van der Waals surface area contributed by atoms with Crippen molar-refractivity contribution in [1.82, 2.24) is 20.1 Å². The van der Waals surface area contributed by atoms with Crippen LogP contribution in [0.5, 0.6) is 5.75 Å². The van der Waals surface area contributed by atoms with Crippen molar-refractivity contribution in [3.05, 3.63) is 60.7 Å². The highest BCUT2D eigenvalue weighted by Gasteiger charge is 2.23. The molecular weight excluding hydrogens is 557 g/mol. The van der Waals surface area contributed by atoms with Crippen molar-refractivity contribution in [3.63, 3.8) is 0 Å². The molecule has 0 radical (unpaired) electrons. The van der Waals surface area contributed by atoms with Crippen LogP contribution in [0.25, 0.3) is 0 Å². The van der Waals surface area contributed by atoms with E-state index in [-0.39, 0.29) is 43.3 Å². The van der Waals surface area contributed by atoms with Gasteiger partial charge in [-0.05, 0) is 30.8 Å². The molecule has 0 saturated heterocycles. The number of thiophene rings is 1. The summed E-state index contributed by atoms with van der Waals surface area (Å²) in [5, 5.41) is 6.12. The lowest BCUT2D eigenvalue weighted by Crippen LogP contribution is -2.28. The number of benzene rings is 1. The quantitative estimate of drug-likeness (QED) is 0.416. The standard InChI is InChI=1S/C24H26ClN5O4S2.ClH/c1-29(2)20(31)13-34-16-6-4-5-14(11-26-22(32)17-7-8-19(25)35-17)21(16)28-23(33)24-27-15-9-10-30(3)12-18(15)36-24;/h4-8H,9-13H2,1-3H3,(H,26,32)(H,28,33);1H. The molecule has 0 aliphatic carbocycles. The summed E-state index contributed by atoms with van der Waals surface area (Å²) < 4.78 is 6.29. The number of hydrogen-bond donors (Lipinski definition) is 2. The topological polar surface area (TPSA) is 104 Å². The number of halogens is 2. The van der Waals surface area contributed by atoms with Gasteiger partial charge in [0.25, 0.3) is 17.7 Å². The Morgan fingerprint density at radius 3 is 2.65 bits per heavy atom. The van der Waals surface area contributed by atoms with Crippen molar-refractivity contribution in [1.29, 1.82) is 0 Å². The lowest BCUT2D eigenvalue weighted by molar-refractivity contribution is -0.130. The first-order chi connectivity index (χ1) is 17.2. The first-order valence-corrected chi connectivity index (χ1v) is 13.2. The molecule has 0 atom stereocenters. The Bertz CT molecular complexity index is 1290. The first-order valence-electron chi connectivity index (χ1n) is 11.2. The predicted molar refractivity (Wildman–Crippen MR) is 148 cm³/mol. The van der Waals surface area contributed by atoms with E-state index in [2.05, 4.69) is 20.5 Å². The smallest absolute Gasteiger partial charge is 0.284 e. The maximum Gasteiger partial charge on any atom is 0.284 e. The first kappa shape index (κ1) is 28.9. The summed E-state index contributed by atoms with van der Waals surface area (Å²) in [7, 11) is 5.31. The number of hydrogen-bond acceptors (Lipinski definition) is 8. The van der Waals surface area contributed by atoms with E-state index in [1.165, 1.54) is 27.6 Å². The van der Waals surface area contributed by atoms with Gasteiger partial charge in [0.2, 0.25) is 0 Å². The second kappa shape index (κ2) is 12.7. The number of carbonyl (C=O) groups excluding carboxylic acids is 3. The molecule has 198 valence electrons. The molecule has 1 aliphatic heterocycles. The second-order valence-corrected chi connectivity index (χ2v) is 11.3. The molecule has 0 bridgehead atoms. The van der Waals surface area contributed by atoms with Gasteiger partial charge in [0.15, 0.2) is 11.6 Å². The highest BCUT2D eigenvalue weighted by Crippen LogP contribution is 2.31. The SMILES string of the molecule is CN1CCc2nc(C(=O)Nc3c(CNC(=O)c4ccc(Cl)s4)cccc3OCC(=O)N(C)C)sc2C1.Cl. The normalized spacial score (nSPS) is 12.8. The number of ether oxygens (including phenoxy) is 1. The van der Waals surface area contributed by atoms with Crippen LogP contribution < -0.4 is 15.4 Å². The maximum absolute atomic E-state index is 13.2. The molecule has 2 aromatic heterocycles. The summed E-state index contributed by atoms with van der Waals surface area (Å²) in [5.41, 5.74) is 1.95. The number of thiazole rings is 1. The van der Waals surface area contributed by atoms with Crippen LogP contribution in [0.3, 0.4) is 0 Å². The van der Waals surface area contributed by atoms with Crippen LogP contribution in [0.4, 0.5) is 5.69 Å². The maximum atomic E-state index is 13.2. The third kappa shape index (κ3) is 7.20. The van der Waals surface area contributed by atoms with Crippen molar-refractivity contribution >= 4 is 70.1 Å². The molecule has 3 aromatic rings. The molecular formula is C24H27Cl2N5O4S2. The minimum absolute atomic E-state index is 0. The number of fused-ring (bicyclic) bond motifs is 1. The van der Waals surface area contributed by atoms with Gasteiger partial charge in [-0.15, -0.1) is 35.1 Å². The minimum atomic E-state index is -0.371. The molecule has 3 amide bonds. The zero-order chi connectivity index (χ0) is 25.8. The Morgan fingerprint density at radius 1 is 1.16 bits per heavy atom. The lowest BCUT2D eigenvalue weighted by atomic mass is 10.1. The van der Waals surface area contributed by atoms with E-state index in [9.17, 15) is 14.4 Å². The molecule has 4 rings (SSSR count). The number of nitrogens with one attached hydrogen (secondary N) is 2. The Morgan fingerprint density at radius 2 is 1.95 bits per heavy atom. The summed E-state index contributed by atoms with van der Waals surface area (Å²) in [6, 6.07) is 8.50. The number of anilines is 1. The zero-order valence-corrected chi connectivity index (χ0v) is 23.7. The summed E-state index contributed by atoms with van der Waals surface area (Å²) in [5.74, 6) is -0.553. The van der Waals surface area contributed by atoms with Gasteiger partial charge in [-0.2, -0.15) is 0 Å². The van der Waals surface area contributed by atoms with Gasteiger partial charge in [0.05, 0.1) is 20.6 Å². The van der Waals surface area contributed by atoms with Crippen LogP contribution >= 0.6 is 46.7 Å². The summed E-state index contributed by atoms with van der Waals surface area (Å²) in [4.78, 5) is 47.6. The van der Waals surface area contributed by atoms with E-state index < -0.39 is 0 Å². The van der Waals surface area contributed by atoms with Gasteiger partial charge < -0.3 is 25.2 Å². The third-order valence-corrected chi connectivity index (χ3v) is 7.86. The van der Waals surface area contributed by atoms with Crippen LogP contribution in [0, 0.1) is 0 Å². The van der Waals surface area contributed by atoms with E-state index in [4.69, 9.17) is 16.3 Å². The van der Waals surface area contributed by atoms with E-state index in [0.717, 1.165) is 30.1 Å². The zero-order valence-electron chi connectivity index (χ0n) is 20.5. The number of likely N-dealkylation sites (N-methyl/N-ethyl adjacent to an activating group) is 2. The average molecular weight is 585 g/mol. The van der Waals surface area contributed by atoms with Crippen LogP contribution in [0.1, 0.15) is 35.6 Å². The molecule has 3 heterocycles. The van der Waals surface area contributed by atoms with Gasteiger partial charge in [0.1, 0.15) is 5.75 Å². The molecule has 0 unspecified atom stereocenters. The average Bonchev–Trinajstić information content (AvgIpc) is 3.47. The molecule has 1 aromatic carbocycles. The van der Waals surface area contributed by atoms with Crippen LogP contribution in [0.15, 0.2) is 30.3 Å². The monoisotopic (exact) mass is 583 g/mol. The fraction of sp³-hybridized carbons (Fsp3) is 0.333. The van der Waals surface area contributed by atoms with Gasteiger partial charge in [0, 0.05) is 45.0 Å². The van der Waals surface area contributed by atoms with Crippen LogP contribution in [-0.4, -0.2) is 66.8 Å². The van der Waals surface area contributed by atoms with Crippen molar-refractivity contribution in [2.24, 2.45) is 0 Å². The molecule has 2 N–H and O–H groups in total. The molecule has 9 nitrogen and oxygen atoms in total. The molecule has 13 heteroatoms. The number of amides is 3. The number of nitrogens with zero attached hydrogens (tertiary/aromatic N) is 3.